The van der Waals surface area contributed by atoms with Crippen LogP contribution in [0.4, 0.5) is 0 Å². The number of aryl methyl sites for hydroxylation is 1. The predicted octanol–water partition coefficient (Wildman–Crippen LogP) is 2.18. The van der Waals surface area contributed by atoms with Crippen LogP contribution in [0.5, 0.6) is 5.75 Å². The third kappa shape index (κ3) is 3.20. The number of ether oxygens (including phenoxy) is 1. The van der Waals surface area contributed by atoms with Crippen molar-refractivity contribution in [2.45, 2.75) is 19.6 Å². The molecule has 0 spiro atoms. The van der Waals surface area contributed by atoms with Gasteiger partial charge in [0.25, 0.3) is 0 Å². The summed E-state index contributed by atoms with van der Waals surface area (Å²) in [4.78, 5) is 4.51. The van der Waals surface area contributed by atoms with Gasteiger partial charge < -0.3 is 9.84 Å². The fourth-order valence-electron chi connectivity index (χ4n) is 2.20. The van der Waals surface area contributed by atoms with E-state index >= 15 is 0 Å². The lowest BCUT2D eigenvalue weighted by atomic mass is 10.2. The van der Waals surface area contributed by atoms with Crippen molar-refractivity contribution < 1.29 is 9.84 Å². The molecule has 1 atom stereocenters. The molecule has 3 rings (SSSR count). The largest absolute Gasteiger partial charge is 0.489 e. The second-order valence-corrected chi connectivity index (χ2v) is 4.97. The lowest BCUT2D eigenvalue weighted by molar-refractivity contribution is 0.0900. The highest BCUT2D eigenvalue weighted by Crippen LogP contribution is 2.24. The Morgan fingerprint density at radius 3 is 2.95 bits per heavy atom. The van der Waals surface area contributed by atoms with Crippen molar-refractivity contribution in [3.63, 3.8) is 0 Å². The van der Waals surface area contributed by atoms with Gasteiger partial charge in [-0.05, 0) is 25.1 Å². The molecule has 0 amide bonds. The maximum atomic E-state index is 10.0. The normalized spacial score (nSPS) is 12.5. The van der Waals surface area contributed by atoms with Gasteiger partial charge >= 0.3 is 0 Å². The summed E-state index contributed by atoms with van der Waals surface area (Å²) < 4.78 is 7.41. The molecular formula is C16H17N3O2. The fourth-order valence-corrected chi connectivity index (χ4v) is 2.20. The van der Waals surface area contributed by atoms with E-state index in [-0.39, 0.29) is 6.61 Å². The van der Waals surface area contributed by atoms with Crippen LogP contribution in [-0.4, -0.2) is 32.6 Å². The van der Waals surface area contributed by atoms with Crippen LogP contribution in [0.1, 0.15) is 5.69 Å². The van der Waals surface area contributed by atoms with Crippen molar-refractivity contribution in [3.05, 3.63) is 54.5 Å². The number of pyridine rings is 1. The van der Waals surface area contributed by atoms with Gasteiger partial charge in [-0.25, -0.2) is 4.98 Å². The Hall–Kier alpha value is -2.40. The molecule has 0 saturated carbocycles. The average Bonchev–Trinajstić information content (AvgIpc) is 2.98. The van der Waals surface area contributed by atoms with Crippen molar-refractivity contribution in [1.82, 2.24) is 14.8 Å². The molecule has 1 aromatic carbocycles. The van der Waals surface area contributed by atoms with Gasteiger partial charge in [-0.1, -0.05) is 18.2 Å². The molecule has 0 aliphatic carbocycles. The second kappa shape index (κ2) is 5.93. The lowest BCUT2D eigenvalue weighted by Gasteiger charge is -2.13. The van der Waals surface area contributed by atoms with Gasteiger partial charge in [0.05, 0.1) is 6.54 Å². The van der Waals surface area contributed by atoms with Gasteiger partial charge in [-0.3, -0.25) is 4.68 Å². The SMILES string of the molecule is Cc1ccc2cccc(OCC(O)Cn3cccn3)c2n1. The Balaban J connectivity index is 1.71. The quantitative estimate of drug-likeness (QED) is 0.779. The molecule has 0 saturated heterocycles. The predicted molar refractivity (Wildman–Crippen MR) is 80.2 cm³/mol. The molecule has 3 aromatic rings. The molecule has 1 N–H and O–H groups in total. The first-order valence-electron chi connectivity index (χ1n) is 6.87. The molecule has 2 heterocycles. The zero-order chi connectivity index (χ0) is 14.7. The number of aromatic nitrogens is 3. The summed E-state index contributed by atoms with van der Waals surface area (Å²) in [6, 6.07) is 11.6. The van der Waals surface area contributed by atoms with Crippen molar-refractivity contribution >= 4 is 10.9 Å². The molecule has 0 fully saturated rings. The summed E-state index contributed by atoms with van der Waals surface area (Å²) in [6.45, 7) is 2.56. The Bertz CT molecular complexity index is 725. The minimum absolute atomic E-state index is 0.203. The fraction of sp³-hybridized carbons (Fsp3) is 0.250. The molecule has 5 nitrogen and oxygen atoms in total. The van der Waals surface area contributed by atoms with Crippen LogP contribution in [0, 0.1) is 6.92 Å². The van der Waals surface area contributed by atoms with E-state index in [1.807, 2.05) is 49.5 Å². The van der Waals surface area contributed by atoms with E-state index in [0.717, 1.165) is 16.6 Å². The molecule has 108 valence electrons. The molecule has 0 aliphatic rings. The number of hydrogen-bond donors (Lipinski definition) is 1. The van der Waals surface area contributed by atoms with Gasteiger partial charge in [-0.15, -0.1) is 0 Å². The van der Waals surface area contributed by atoms with Crippen LogP contribution >= 0.6 is 0 Å². The first-order chi connectivity index (χ1) is 10.2. The van der Waals surface area contributed by atoms with Crippen LogP contribution in [0.2, 0.25) is 0 Å². The first-order valence-corrected chi connectivity index (χ1v) is 6.87. The minimum Gasteiger partial charge on any atom is -0.489 e. The Morgan fingerprint density at radius 2 is 2.14 bits per heavy atom. The molecule has 1 unspecified atom stereocenters. The zero-order valence-corrected chi connectivity index (χ0v) is 11.8. The number of fused-ring (bicyclic) bond motifs is 1. The van der Waals surface area contributed by atoms with Crippen LogP contribution in [0.25, 0.3) is 10.9 Å². The van der Waals surface area contributed by atoms with Crippen molar-refractivity contribution in [1.29, 1.82) is 0 Å². The number of hydrogen-bond acceptors (Lipinski definition) is 4. The van der Waals surface area contributed by atoms with Crippen LogP contribution < -0.4 is 4.74 Å². The van der Waals surface area contributed by atoms with Gasteiger partial charge in [0, 0.05) is 23.5 Å². The first kappa shape index (κ1) is 13.6. The van der Waals surface area contributed by atoms with E-state index in [2.05, 4.69) is 10.1 Å². The van der Waals surface area contributed by atoms with Crippen LogP contribution in [0.15, 0.2) is 48.8 Å². The maximum absolute atomic E-state index is 10.0. The summed E-state index contributed by atoms with van der Waals surface area (Å²) in [5, 5.41) is 15.1. The summed E-state index contributed by atoms with van der Waals surface area (Å²) in [7, 11) is 0. The molecule has 0 aliphatic heterocycles. The third-order valence-corrected chi connectivity index (χ3v) is 3.21. The summed E-state index contributed by atoms with van der Waals surface area (Å²) >= 11 is 0. The minimum atomic E-state index is -0.620. The summed E-state index contributed by atoms with van der Waals surface area (Å²) in [5.41, 5.74) is 1.76. The van der Waals surface area contributed by atoms with Crippen molar-refractivity contribution in [2.24, 2.45) is 0 Å². The van der Waals surface area contributed by atoms with Gasteiger partial charge in [-0.2, -0.15) is 5.10 Å². The lowest BCUT2D eigenvalue weighted by Crippen LogP contribution is -2.23. The summed E-state index contributed by atoms with van der Waals surface area (Å²) in [6.07, 6.45) is 2.88. The van der Waals surface area contributed by atoms with E-state index in [9.17, 15) is 5.11 Å². The van der Waals surface area contributed by atoms with Crippen molar-refractivity contribution in [3.8, 4) is 5.75 Å². The number of para-hydroxylation sites is 1. The highest BCUT2D eigenvalue weighted by Gasteiger charge is 2.09. The van der Waals surface area contributed by atoms with Gasteiger partial charge in [0.1, 0.15) is 24.0 Å². The monoisotopic (exact) mass is 283 g/mol. The van der Waals surface area contributed by atoms with Gasteiger partial charge in [0.2, 0.25) is 0 Å². The molecule has 0 bridgehead atoms. The smallest absolute Gasteiger partial charge is 0.145 e. The molecule has 2 aromatic heterocycles. The highest BCUT2D eigenvalue weighted by atomic mass is 16.5. The topological polar surface area (TPSA) is 60.2 Å². The van der Waals surface area contributed by atoms with E-state index in [4.69, 9.17) is 4.74 Å². The number of rotatable bonds is 5. The second-order valence-electron chi connectivity index (χ2n) is 4.97. The zero-order valence-electron chi connectivity index (χ0n) is 11.8. The maximum Gasteiger partial charge on any atom is 0.145 e. The molecule has 21 heavy (non-hydrogen) atoms. The van der Waals surface area contributed by atoms with Gasteiger partial charge in [0.15, 0.2) is 0 Å². The molecule has 5 heteroatoms. The standard InChI is InChI=1S/C16H17N3O2/c1-12-6-7-13-4-2-5-15(16(13)18-12)21-11-14(20)10-19-9-3-8-17-19/h2-9,14,20H,10-11H2,1H3. The number of aliphatic hydroxyl groups is 1. The van der Waals surface area contributed by atoms with E-state index in [0.29, 0.717) is 12.3 Å². The Kier molecular flexibility index (Phi) is 3.83. The molecular weight excluding hydrogens is 266 g/mol. The molecule has 0 radical (unpaired) electrons. The highest BCUT2D eigenvalue weighted by molar-refractivity contribution is 5.84. The van der Waals surface area contributed by atoms with Crippen LogP contribution in [0.3, 0.4) is 0 Å². The summed E-state index contributed by atoms with van der Waals surface area (Å²) in [5.74, 6) is 0.690. The van der Waals surface area contributed by atoms with E-state index in [1.54, 1.807) is 10.9 Å². The number of nitrogens with zero attached hydrogens (tertiary/aromatic N) is 3. The average molecular weight is 283 g/mol. The number of benzene rings is 1. The third-order valence-electron chi connectivity index (χ3n) is 3.21. The van der Waals surface area contributed by atoms with Crippen molar-refractivity contribution in [2.75, 3.05) is 6.61 Å². The Morgan fingerprint density at radius 1 is 1.24 bits per heavy atom. The van der Waals surface area contributed by atoms with Crippen LogP contribution in [-0.2, 0) is 6.54 Å². The van der Waals surface area contributed by atoms with E-state index < -0.39 is 6.10 Å². The van der Waals surface area contributed by atoms with E-state index in [1.165, 1.54) is 0 Å². The Labute approximate surface area is 122 Å². The number of aliphatic hydroxyl groups excluding tert-OH is 1.